The lowest BCUT2D eigenvalue weighted by Gasteiger charge is -2.40. The molecule has 2 aliphatic carbocycles. The van der Waals surface area contributed by atoms with Crippen molar-refractivity contribution in [3.63, 3.8) is 0 Å². The van der Waals surface area contributed by atoms with E-state index in [1.807, 2.05) is 13.8 Å². The van der Waals surface area contributed by atoms with Gasteiger partial charge in [0, 0.05) is 0 Å². The second-order valence-corrected chi connectivity index (χ2v) is 7.24. The van der Waals surface area contributed by atoms with Crippen LogP contribution in [0.25, 0.3) is 0 Å². The zero-order valence-electron chi connectivity index (χ0n) is 12.2. The normalized spacial score (nSPS) is 39.2. The summed E-state index contributed by atoms with van der Waals surface area (Å²) in [6.45, 7) is 10.8. The molecule has 0 radical (unpaired) electrons. The van der Waals surface area contributed by atoms with Gasteiger partial charge in [-0.3, -0.25) is 0 Å². The number of fused-ring (bicyclic) bond motifs is 2. The molecule has 3 heteroatoms. The Morgan fingerprint density at radius 2 is 1.94 bits per heavy atom. The van der Waals surface area contributed by atoms with Crippen LogP contribution in [0.5, 0.6) is 0 Å². The standard InChI is InChI=1S/C15H26O3/c1-9(2)12(13(16)17)18-11-8-10-6-7-15(11,5)14(10,3)4/h9-12H,6-8H2,1-5H3,(H,16,17). The summed E-state index contributed by atoms with van der Waals surface area (Å²) in [4.78, 5) is 11.3. The van der Waals surface area contributed by atoms with E-state index in [1.165, 1.54) is 12.8 Å². The van der Waals surface area contributed by atoms with E-state index in [4.69, 9.17) is 4.74 Å². The van der Waals surface area contributed by atoms with E-state index in [1.54, 1.807) is 0 Å². The highest BCUT2D eigenvalue weighted by molar-refractivity contribution is 5.72. The van der Waals surface area contributed by atoms with Crippen LogP contribution in [0.2, 0.25) is 0 Å². The summed E-state index contributed by atoms with van der Waals surface area (Å²) in [7, 11) is 0. The molecule has 104 valence electrons. The summed E-state index contributed by atoms with van der Waals surface area (Å²) >= 11 is 0. The van der Waals surface area contributed by atoms with Crippen LogP contribution in [0.3, 0.4) is 0 Å². The molecule has 2 aliphatic rings. The quantitative estimate of drug-likeness (QED) is 0.837. The Bertz CT molecular complexity index is 348. The van der Waals surface area contributed by atoms with Crippen LogP contribution in [-0.2, 0) is 9.53 Å². The highest BCUT2D eigenvalue weighted by Crippen LogP contribution is 2.66. The summed E-state index contributed by atoms with van der Waals surface area (Å²) in [5.74, 6) is -0.114. The van der Waals surface area contributed by atoms with Crippen LogP contribution in [0, 0.1) is 22.7 Å². The number of ether oxygens (including phenoxy) is 1. The van der Waals surface area contributed by atoms with Gasteiger partial charge in [-0.2, -0.15) is 0 Å². The predicted octanol–water partition coefficient (Wildman–Crippen LogP) is 3.33. The van der Waals surface area contributed by atoms with Gasteiger partial charge in [0.25, 0.3) is 0 Å². The molecule has 0 amide bonds. The largest absolute Gasteiger partial charge is 0.479 e. The molecule has 0 saturated heterocycles. The summed E-state index contributed by atoms with van der Waals surface area (Å²) < 4.78 is 6.01. The summed E-state index contributed by atoms with van der Waals surface area (Å²) in [5, 5.41) is 9.26. The van der Waals surface area contributed by atoms with Gasteiger partial charge in [-0.1, -0.05) is 34.6 Å². The first-order chi connectivity index (χ1) is 8.20. The Labute approximate surface area is 110 Å². The molecule has 2 bridgehead atoms. The zero-order valence-corrected chi connectivity index (χ0v) is 12.2. The Hall–Kier alpha value is -0.570. The molecule has 0 spiro atoms. The second-order valence-electron chi connectivity index (χ2n) is 7.24. The summed E-state index contributed by atoms with van der Waals surface area (Å²) in [5.41, 5.74) is 0.415. The molecule has 4 atom stereocenters. The van der Waals surface area contributed by atoms with Crippen molar-refractivity contribution < 1.29 is 14.6 Å². The van der Waals surface area contributed by atoms with Crippen LogP contribution in [0.15, 0.2) is 0 Å². The maximum atomic E-state index is 11.3. The number of rotatable bonds is 4. The van der Waals surface area contributed by atoms with Gasteiger partial charge in [0.15, 0.2) is 6.10 Å². The molecule has 1 N–H and O–H groups in total. The average Bonchev–Trinajstić information content (AvgIpc) is 2.57. The molecule has 0 aromatic heterocycles. The first-order valence-corrected chi connectivity index (χ1v) is 7.08. The number of carbonyl (C=O) groups is 1. The minimum atomic E-state index is -0.825. The molecule has 0 aromatic rings. The van der Waals surface area contributed by atoms with Crippen molar-refractivity contribution in [3.8, 4) is 0 Å². The van der Waals surface area contributed by atoms with Crippen molar-refractivity contribution in [3.05, 3.63) is 0 Å². The topological polar surface area (TPSA) is 46.5 Å². The van der Waals surface area contributed by atoms with E-state index in [2.05, 4.69) is 20.8 Å². The van der Waals surface area contributed by atoms with Crippen LogP contribution in [0.4, 0.5) is 0 Å². The van der Waals surface area contributed by atoms with Crippen LogP contribution >= 0.6 is 0 Å². The molecule has 4 unspecified atom stereocenters. The first-order valence-electron chi connectivity index (χ1n) is 7.08. The summed E-state index contributed by atoms with van der Waals surface area (Å²) in [6.07, 6.45) is 2.90. The number of hydrogen-bond acceptors (Lipinski definition) is 2. The molecular weight excluding hydrogens is 228 g/mol. The highest BCUT2D eigenvalue weighted by atomic mass is 16.5. The van der Waals surface area contributed by atoms with Crippen molar-refractivity contribution in [2.24, 2.45) is 22.7 Å². The molecule has 0 aromatic carbocycles. The number of carboxylic acid groups (broad SMARTS) is 1. The fraction of sp³-hybridized carbons (Fsp3) is 0.933. The molecule has 2 saturated carbocycles. The molecule has 0 heterocycles. The Morgan fingerprint density at radius 1 is 1.33 bits per heavy atom. The number of aliphatic carboxylic acids is 1. The second kappa shape index (κ2) is 4.22. The van der Waals surface area contributed by atoms with Gasteiger partial charge in [-0.25, -0.2) is 4.79 Å². The Balaban J connectivity index is 2.15. The third kappa shape index (κ3) is 1.78. The highest BCUT2D eigenvalue weighted by Gasteiger charge is 2.62. The van der Waals surface area contributed by atoms with Crippen molar-refractivity contribution in [1.82, 2.24) is 0 Å². The van der Waals surface area contributed by atoms with Crippen LogP contribution < -0.4 is 0 Å². The van der Waals surface area contributed by atoms with Crippen molar-refractivity contribution in [2.45, 2.75) is 66.1 Å². The molecule has 2 rings (SSSR count). The lowest BCUT2D eigenvalue weighted by molar-refractivity contribution is -0.166. The first kappa shape index (κ1) is 13.9. The third-order valence-corrected chi connectivity index (χ3v) is 5.87. The minimum absolute atomic E-state index is 0.0216. The van der Waals surface area contributed by atoms with E-state index in [9.17, 15) is 9.90 Å². The van der Waals surface area contributed by atoms with Gasteiger partial charge in [-0.05, 0) is 41.9 Å². The van der Waals surface area contributed by atoms with Gasteiger partial charge in [0.2, 0.25) is 0 Å². The van der Waals surface area contributed by atoms with E-state index >= 15 is 0 Å². The minimum Gasteiger partial charge on any atom is -0.479 e. The van der Waals surface area contributed by atoms with E-state index in [0.717, 1.165) is 6.42 Å². The van der Waals surface area contributed by atoms with Gasteiger partial charge < -0.3 is 9.84 Å². The maximum Gasteiger partial charge on any atom is 0.333 e. The SMILES string of the molecule is CC(C)C(OC1CC2CCC1(C)C2(C)C)C(=O)O. The van der Waals surface area contributed by atoms with Gasteiger partial charge in [0.05, 0.1) is 6.10 Å². The van der Waals surface area contributed by atoms with Gasteiger partial charge in [0.1, 0.15) is 0 Å². The van der Waals surface area contributed by atoms with Crippen LogP contribution in [0.1, 0.15) is 53.9 Å². The molecular formula is C15H26O3. The van der Waals surface area contributed by atoms with E-state index in [-0.39, 0.29) is 22.9 Å². The van der Waals surface area contributed by atoms with Crippen LogP contribution in [-0.4, -0.2) is 23.3 Å². The van der Waals surface area contributed by atoms with Crippen molar-refractivity contribution >= 4 is 5.97 Å². The molecule has 2 fully saturated rings. The van der Waals surface area contributed by atoms with Crippen molar-refractivity contribution in [2.75, 3.05) is 0 Å². The molecule has 3 nitrogen and oxygen atoms in total. The van der Waals surface area contributed by atoms with E-state index < -0.39 is 12.1 Å². The lowest BCUT2D eigenvalue weighted by Crippen LogP contribution is -2.42. The smallest absolute Gasteiger partial charge is 0.333 e. The van der Waals surface area contributed by atoms with Crippen molar-refractivity contribution in [1.29, 1.82) is 0 Å². The molecule has 0 aliphatic heterocycles. The lowest BCUT2D eigenvalue weighted by atomic mass is 9.70. The Morgan fingerprint density at radius 3 is 2.28 bits per heavy atom. The monoisotopic (exact) mass is 254 g/mol. The third-order valence-electron chi connectivity index (χ3n) is 5.87. The molecule has 18 heavy (non-hydrogen) atoms. The van der Waals surface area contributed by atoms with Gasteiger partial charge in [-0.15, -0.1) is 0 Å². The fourth-order valence-corrected chi connectivity index (χ4v) is 4.01. The summed E-state index contributed by atoms with van der Waals surface area (Å²) in [6, 6.07) is 0. The zero-order chi connectivity index (χ0) is 13.7. The number of carboxylic acids is 1. The van der Waals surface area contributed by atoms with Gasteiger partial charge >= 0.3 is 5.97 Å². The average molecular weight is 254 g/mol. The maximum absolute atomic E-state index is 11.3. The van der Waals surface area contributed by atoms with E-state index in [0.29, 0.717) is 5.92 Å². The Kier molecular flexibility index (Phi) is 3.25. The predicted molar refractivity (Wildman–Crippen MR) is 70.4 cm³/mol. The number of hydrogen-bond donors (Lipinski definition) is 1. The fourth-order valence-electron chi connectivity index (χ4n) is 4.01.